The summed E-state index contributed by atoms with van der Waals surface area (Å²) in [6.45, 7) is 8.84. The molecule has 1 N–H and O–H groups in total. The van der Waals surface area contributed by atoms with Crippen molar-refractivity contribution in [3.63, 3.8) is 0 Å². The maximum Gasteiger partial charge on any atom is 0.409 e. The van der Waals surface area contributed by atoms with Gasteiger partial charge >= 0.3 is 7.94 Å². The van der Waals surface area contributed by atoms with Crippen LogP contribution >= 0.6 is 7.94 Å². The van der Waals surface area contributed by atoms with Gasteiger partial charge in [0.1, 0.15) is 6.16 Å². The lowest BCUT2D eigenvalue weighted by molar-refractivity contribution is 0.187. The minimum Gasteiger partial charge on any atom is -0.193 e. The predicted octanol–water partition coefficient (Wildman–Crippen LogP) is 2.47. The molecule has 3 nitrogen and oxygen atoms in total. The predicted molar refractivity (Wildman–Crippen MR) is 52.1 cm³/mol. The van der Waals surface area contributed by atoms with E-state index in [-0.39, 0.29) is 0 Å². The van der Waals surface area contributed by atoms with E-state index in [1.165, 1.54) is 0 Å². The van der Waals surface area contributed by atoms with E-state index in [1.54, 1.807) is 0 Å². The van der Waals surface area contributed by atoms with Gasteiger partial charge in [0.05, 0.1) is 13.2 Å². The van der Waals surface area contributed by atoms with Crippen LogP contribution < -0.4 is 0 Å². The summed E-state index contributed by atoms with van der Waals surface area (Å²) in [6.07, 6.45) is 0.620. The van der Waals surface area contributed by atoms with Crippen LogP contribution in [-0.2, 0) is 9.05 Å². The van der Waals surface area contributed by atoms with Crippen molar-refractivity contribution < 1.29 is 13.9 Å². The molecule has 0 spiro atoms. The Morgan fingerprint density at radius 1 is 1.17 bits per heavy atom. The van der Waals surface area contributed by atoms with Crippen LogP contribution in [0.5, 0.6) is 0 Å². The summed E-state index contributed by atoms with van der Waals surface area (Å²) < 4.78 is 10.5. The molecule has 0 heterocycles. The van der Waals surface area contributed by atoms with Crippen LogP contribution in [0.2, 0.25) is 0 Å². The summed E-state index contributed by atoms with van der Waals surface area (Å²) in [6, 6.07) is 0. The summed E-state index contributed by atoms with van der Waals surface area (Å²) in [5, 5.41) is 0. The molecule has 0 radical (unpaired) electrons. The van der Waals surface area contributed by atoms with E-state index in [0.717, 1.165) is 0 Å². The van der Waals surface area contributed by atoms with Crippen molar-refractivity contribution in [3.05, 3.63) is 0 Å². The lowest BCUT2D eigenvalue weighted by atomic mass is 10.3. The molecule has 0 aliphatic rings. The topological polar surface area (TPSA) is 38.7 Å². The highest BCUT2D eigenvalue weighted by atomic mass is 31.2. The molecule has 0 atom stereocenters. The van der Waals surface area contributed by atoms with Crippen molar-refractivity contribution in [3.8, 4) is 0 Å². The van der Waals surface area contributed by atoms with Crippen LogP contribution in [0.25, 0.3) is 0 Å². The summed E-state index contributed by atoms with van der Waals surface area (Å²) in [7, 11) is -2.53. The Morgan fingerprint density at radius 2 is 1.58 bits per heavy atom. The highest BCUT2D eigenvalue weighted by molar-refractivity contribution is 7.60. The molecule has 4 heteroatoms. The minimum atomic E-state index is -2.53. The van der Waals surface area contributed by atoms with E-state index < -0.39 is 7.94 Å². The van der Waals surface area contributed by atoms with Crippen LogP contribution in [0.15, 0.2) is 0 Å². The molecular formula is C8H20O3P+. The van der Waals surface area contributed by atoms with E-state index in [4.69, 9.17) is 9.05 Å². The summed E-state index contributed by atoms with van der Waals surface area (Å²) >= 11 is 0. The minimum absolute atomic E-state index is 0.404. The third kappa shape index (κ3) is 5.04. The Kier molecular flexibility index (Phi) is 6.02. The Labute approximate surface area is 75.7 Å². The van der Waals surface area contributed by atoms with Gasteiger partial charge in [-0.15, -0.1) is 0 Å². The van der Waals surface area contributed by atoms with Gasteiger partial charge in [0, 0.05) is 0 Å². The Bertz CT molecular complexity index is 111. The van der Waals surface area contributed by atoms with Gasteiger partial charge in [-0.3, -0.25) is 0 Å². The third-order valence-electron chi connectivity index (χ3n) is 1.26. The monoisotopic (exact) mass is 195 g/mol. The number of hydrogen-bond donors (Lipinski definition) is 1. The second kappa shape index (κ2) is 5.87. The van der Waals surface area contributed by atoms with E-state index >= 15 is 0 Å². The molecule has 0 amide bonds. The molecule has 0 rings (SSSR count). The zero-order chi connectivity index (χ0) is 9.61. The van der Waals surface area contributed by atoms with Crippen molar-refractivity contribution in [1.82, 2.24) is 0 Å². The van der Waals surface area contributed by atoms with Gasteiger partial charge in [0.2, 0.25) is 0 Å². The molecule has 12 heavy (non-hydrogen) atoms. The van der Waals surface area contributed by atoms with Gasteiger partial charge in [-0.25, -0.2) is 0 Å². The first-order chi connectivity index (χ1) is 5.54. The molecule has 0 fully saturated rings. The molecule has 0 saturated carbocycles. The summed E-state index contributed by atoms with van der Waals surface area (Å²) in [5.41, 5.74) is 0. The first-order valence-electron chi connectivity index (χ1n) is 4.44. The molecule has 0 aromatic heterocycles. The van der Waals surface area contributed by atoms with Crippen LogP contribution in [0.3, 0.4) is 0 Å². The van der Waals surface area contributed by atoms with Crippen molar-refractivity contribution in [2.75, 3.05) is 19.4 Å². The average molecular weight is 195 g/mol. The van der Waals surface area contributed by atoms with Gasteiger partial charge < -0.3 is 0 Å². The molecule has 0 unspecified atom stereocenters. The smallest absolute Gasteiger partial charge is 0.193 e. The van der Waals surface area contributed by atoms with Crippen molar-refractivity contribution in [2.24, 2.45) is 5.92 Å². The van der Waals surface area contributed by atoms with Crippen molar-refractivity contribution in [2.45, 2.75) is 27.7 Å². The zero-order valence-electron chi connectivity index (χ0n) is 8.41. The van der Waals surface area contributed by atoms with Gasteiger partial charge in [-0.1, -0.05) is 13.8 Å². The van der Waals surface area contributed by atoms with Gasteiger partial charge in [0.25, 0.3) is 0 Å². The van der Waals surface area contributed by atoms with Crippen LogP contribution in [0.1, 0.15) is 27.7 Å². The standard InChI is InChI=1S/C8H20O3P/c1-5-10-12(9,11-6-2)7-8(3)4/h8-9H,5-7H2,1-4H3/q+1. The number of hydrogen-bond acceptors (Lipinski definition) is 3. The SMILES string of the molecule is CCO[P+](O)(CC(C)C)OCC. The van der Waals surface area contributed by atoms with Crippen molar-refractivity contribution in [1.29, 1.82) is 0 Å². The van der Waals surface area contributed by atoms with E-state index in [9.17, 15) is 4.89 Å². The molecule has 74 valence electrons. The van der Waals surface area contributed by atoms with Crippen LogP contribution in [-0.4, -0.2) is 24.3 Å². The molecule has 0 bridgehead atoms. The fourth-order valence-electron chi connectivity index (χ4n) is 1.01. The molecule has 0 aliphatic heterocycles. The van der Waals surface area contributed by atoms with E-state index in [1.807, 2.05) is 27.7 Å². The van der Waals surface area contributed by atoms with Crippen LogP contribution in [0.4, 0.5) is 0 Å². The maximum absolute atomic E-state index is 9.85. The molecule has 0 aliphatic carbocycles. The van der Waals surface area contributed by atoms with Gasteiger partial charge in [0.15, 0.2) is 0 Å². The molecular weight excluding hydrogens is 175 g/mol. The lowest BCUT2D eigenvalue weighted by Crippen LogP contribution is -2.10. The summed E-state index contributed by atoms with van der Waals surface area (Å²) in [4.78, 5) is 9.85. The molecule has 0 aromatic carbocycles. The fourth-order valence-corrected chi connectivity index (χ4v) is 3.02. The normalized spacial score (nSPS) is 12.5. The van der Waals surface area contributed by atoms with E-state index in [0.29, 0.717) is 25.3 Å². The zero-order valence-corrected chi connectivity index (χ0v) is 9.30. The maximum atomic E-state index is 9.85. The fraction of sp³-hybridized carbons (Fsp3) is 1.00. The quantitative estimate of drug-likeness (QED) is 0.662. The Hall–Kier alpha value is 0.310. The highest BCUT2D eigenvalue weighted by Gasteiger charge is 2.40. The average Bonchev–Trinajstić information content (AvgIpc) is 1.85. The Balaban J connectivity index is 3.98. The van der Waals surface area contributed by atoms with Crippen molar-refractivity contribution >= 4 is 7.94 Å². The number of rotatable bonds is 6. The Morgan fingerprint density at radius 3 is 1.83 bits per heavy atom. The highest BCUT2D eigenvalue weighted by Crippen LogP contribution is 2.57. The molecule has 0 saturated heterocycles. The third-order valence-corrected chi connectivity index (χ3v) is 3.77. The van der Waals surface area contributed by atoms with E-state index in [2.05, 4.69) is 0 Å². The van der Waals surface area contributed by atoms with Gasteiger partial charge in [-0.05, 0) is 19.8 Å². The first kappa shape index (κ1) is 12.3. The second-order valence-electron chi connectivity index (χ2n) is 3.05. The van der Waals surface area contributed by atoms with Gasteiger partial charge in [-0.2, -0.15) is 13.9 Å². The molecule has 0 aromatic rings. The summed E-state index contributed by atoms with van der Waals surface area (Å²) in [5.74, 6) is 0.404. The van der Waals surface area contributed by atoms with Crippen LogP contribution in [0, 0.1) is 5.92 Å². The second-order valence-corrected chi connectivity index (χ2v) is 5.21. The largest absolute Gasteiger partial charge is 0.409 e. The lowest BCUT2D eigenvalue weighted by Gasteiger charge is -2.17. The first-order valence-corrected chi connectivity index (χ1v) is 6.20.